The summed E-state index contributed by atoms with van der Waals surface area (Å²) in [5, 5.41) is 19.1. The van der Waals surface area contributed by atoms with Crippen LogP contribution < -0.4 is 0 Å². The Labute approximate surface area is 186 Å². The van der Waals surface area contributed by atoms with Crippen LogP contribution in [0.3, 0.4) is 0 Å². The first-order valence-electron chi connectivity index (χ1n) is 7.89. The predicted octanol–water partition coefficient (Wildman–Crippen LogP) is 5.89. The van der Waals surface area contributed by atoms with E-state index in [1.807, 2.05) is 0 Å². The molecule has 5 nitrogen and oxygen atoms in total. The van der Waals surface area contributed by atoms with Crippen LogP contribution in [0.1, 0.15) is 16.7 Å². The van der Waals surface area contributed by atoms with Crippen molar-refractivity contribution in [1.29, 1.82) is 0 Å². The molecule has 0 saturated heterocycles. The van der Waals surface area contributed by atoms with Crippen molar-refractivity contribution in [3.05, 3.63) is 91.4 Å². The Morgan fingerprint density at radius 2 is 1.34 bits per heavy atom. The van der Waals surface area contributed by atoms with Crippen LogP contribution in [0.25, 0.3) is 0 Å². The SMILES string of the molecule is O=S(=O)(O)C(c1ccc(Cl)cc1)(c1ccc(O)cc1Cl)c1ccc(O)c(Cl)c1Cl. The quantitative estimate of drug-likeness (QED) is 0.311. The molecule has 0 fully saturated rings. The van der Waals surface area contributed by atoms with E-state index in [1.165, 1.54) is 42.5 Å². The summed E-state index contributed by atoms with van der Waals surface area (Å²) in [6.45, 7) is 0. The van der Waals surface area contributed by atoms with Gasteiger partial charge in [-0.2, -0.15) is 8.42 Å². The molecule has 1 unspecified atom stereocenters. The van der Waals surface area contributed by atoms with Crippen molar-refractivity contribution in [1.82, 2.24) is 0 Å². The van der Waals surface area contributed by atoms with Crippen LogP contribution >= 0.6 is 46.4 Å². The van der Waals surface area contributed by atoms with Crippen molar-refractivity contribution in [3.8, 4) is 11.5 Å². The van der Waals surface area contributed by atoms with Gasteiger partial charge in [0.2, 0.25) is 0 Å². The van der Waals surface area contributed by atoms with Gasteiger partial charge in [-0.1, -0.05) is 70.7 Å². The summed E-state index contributed by atoms with van der Waals surface area (Å²) >= 11 is 24.6. The lowest BCUT2D eigenvalue weighted by atomic mass is 9.83. The maximum Gasteiger partial charge on any atom is 0.283 e. The minimum atomic E-state index is -5.02. The van der Waals surface area contributed by atoms with E-state index in [4.69, 9.17) is 46.4 Å². The highest BCUT2D eigenvalue weighted by atomic mass is 35.5. The van der Waals surface area contributed by atoms with Gasteiger partial charge >= 0.3 is 0 Å². The first-order chi connectivity index (χ1) is 13.5. The lowest BCUT2D eigenvalue weighted by Crippen LogP contribution is -2.38. The topological polar surface area (TPSA) is 94.8 Å². The van der Waals surface area contributed by atoms with Crippen LogP contribution in [-0.4, -0.2) is 23.2 Å². The maximum absolute atomic E-state index is 13.0. The zero-order valence-electron chi connectivity index (χ0n) is 14.3. The minimum absolute atomic E-state index is 0.0562. The Morgan fingerprint density at radius 3 is 1.90 bits per heavy atom. The molecule has 0 saturated carbocycles. The van der Waals surface area contributed by atoms with E-state index in [0.29, 0.717) is 5.02 Å². The second-order valence-corrected chi connectivity index (χ2v) is 9.25. The number of hydrogen-bond donors (Lipinski definition) is 3. The highest BCUT2D eigenvalue weighted by Crippen LogP contribution is 2.51. The Hall–Kier alpha value is -1.67. The Kier molecular flexibility index (Phi) is 5.98. The number of phenolic OH excluding ortho intramolecular Hbond substituents is 2. The van der Waals surface area contributed by atoms with Crippen molar-refractivity contribution >= 4 is 56.5 Å². The fraction of sp³-hybridized carbons (Fsp3) is 0.0526. The smallest absolute Gasteiger partial charge is 0.283 e. The number of benzene rings is 3. The van der Waals surface area contributed by atoms with Crippen LogP contribution in [0.5, 0.6) is 11.5 Å². The Bertz CT molecular complexity index is 1200. The molecule has 3 rings (SSSR count). The predicted molar refractivity (Wildman–Crippen MR) is 114 cm³/mol. The minimum Gasteiger partial charge on any atom is -0.508 e. The molecule has 0 aliphatic rings. The number of phenols is 2. The van der Waals surface area contributed by atoms with E-state index < -0.39 is 14.9 Å². The third-order valence-corrected chi connectivity index (χ3v) is 7.30. The van der Waals surface area contributed by atoms with Gasteiger partial charge < -0.3 is 10.2 Å². The fourth-order valence-corrected chi connectivity index (χ4v) is 5.53. The normalized spacial score (nSPS) is 13.8. The van der Waals surface area contributed by atoms with Gasteiger partial charge in [-0.05, 0) is 35.9 Å². The monoisotopic (exact) mass is 492 g/mol. The highest BCUT2D eigenvalue weighted by Gasteiger charge is 2.51. The zero-order valence-corrected chi connectivity index (χ0v) is 18.1. The van der Waals surface area contributed by atoms with Crippen molar-refractivity contribution < 1.29 is 23.2 Å². The molecule has 0 aromatic heterocycles. The molecule has 0 radical (unpaired) electrons. The first kappa shape index (κ1) is 22.0. The Balaban J connectivity index is 2.59. The lowest BCUT2D eigenvalue weighted by molar-refractivity contribution is 0.456. The van der Waals surface area contributed by atoms with Gasteiger partial charge in [0.05, 0.1) is 5.02 Å². The molecule has 152 valence electrons. The third-order valence-electron chi connectivity index (χ3n) is 4.41. The van der Waals surface area contributed by atoms with Crippen molar-refractivity contribution in [2.45, 2.75) is 4.75 Å². The van der Waals surface area contributed by atoms with Crippen LogP contribution in [0, 0.1) is 0 Å². The molecule has 0 aliphatic carbocycles. The van der Waals surface area contributed by atoms with Crippen LogP contribution in [0.4, 0.5) is 0 Å². The summed E-state index contributed by atoms with van der Waals surface area (Å²) < 4.78 is 34.1. The van der Waals surface area contributed by atoms with Gasteiger partial charge in [-0.25, -0.2) is 0 Å². The van der Waals surface area contributed by atoms with Gasteiger partial charge in [0.15, 0.2) is 4.75 Å². The standard InChI is InChI=1S/C19H12Cl4O5S/c20-11-3-1-10(2-4-11)19(29(26,27)28,13-6-5-12(24)9-15(13)21)14-7-8-16(25)18(23)17(14)22/h1-9,24-25H,(H,26,27,28). The van der Waals surface area contributed by atoms with Crippen molar-refractivity contribution in [2.24, 2.45) is 0 Å². The van der Waals surface area contributed by atoms with Crippen LogP contribution in [-0.2, 0) is 14.9 Å². The molecule has 1 atom stereocenters. The van der Waals surface area contributed by atoms with E-state index in [2.05, 4.69) is 0 Å². The largest absolute Gasteiger partial charge is 0.508 e. The molecule has 0 aliphatic heterocycles. The summed E-state index contributed by atoms with van der Waals surface area (Å²) in [6, 6.07) is 11.6. The zero-order chi connectivity index (χ0) is 21.6. The summed E-state index contributed by atoms with van der Waals surface area (Å²) in [5.41, 5.74) is -0.189. The lowest BCUT2D eigenvalue weighted by Gasteiger charge is -2.34. The van der Waals surface area contributed by atoms with Crippen molar-refractivity contribution in [3.63, 3.8) is 0 Å². The van der Waals surface area contributed by atoms with Gasteiger partial charge in [0.1, 0.15) is 16.5 Å². The molecule has 3 N–H and O–H groups in total. The maximum atomic E-state index is 13.0. The molecule has 0 amide bonds. The van der Waals surface area contributed by atoms with Gasteiger partial charge in [0.25, 0.3) is 10.1 Å². The summed E-state index contributed by atoms with van der Waals surface area (Å²) in [6.07, 6.45) is 0. The fourth-order valence-electron chi connectivity index (χ4n) is 3.17. The molecule has 3 aromatic rings. The first-order valence-corrected chi connectivity index (χ1v) is 10.8. The van der Waals surface area contributed by atoms with Crippen molar-refractivity contribution in [2.75, 3.05) is 0 Å². The number of rotatable bonds is 4. The average molecular weight is 494 g/mol. The van der Waals surface area contributed by atoms with E-state index in [1.54, 1.807) is 0 Å². The molecule has 10 heteroatoms. The summed E-state index contributed by atoms with van der Waals surface area (Å²) in [7, 11) is -5.02. The molecule has 29 heavy (non-hydrogen) atoms. The molecular weight excluding hydrogens is 482 g/mol. The summed E-state index contributed by atoms with van der Waals surface area (Å²) in [4.78, 5) is 0. The number of halogens is 4. The van der Waals surface area contributed by atoms with Gasteiger partial charge in [-0.15, -0.1) is 0 Å². The molecular formula is C19H12Cl4O5S. The summed E-state index contributed by atoms with van der Waals surface area (Å²) in [5.74, 6) is -0.591. The van der Waals surface area contributed by atoms with Crippen LogP contribution in [0.2, 0.25) is 20.1 Å². The van der Waals surface area contributed by atoms with E-state index in [-0.39, 0.29) is 43.3 Å². The van der Waals surface area contributed by atoms with Gasteiger partial charge in [0, 0.05) is 21.2 Å². The highest BCUT2D eigenvalue weighted by molar-refractivity contribution is 7.87. The van der Waals surface area contributed by atoms with Gasteiger partial charge in [-0.3, -0.25) is 4.55 Å². The molecule has 0 bridgehead atoms. The number of hydrogen-bond acceptors (Lipinski definition) is 4. The molecule has 0 heterocycles. The van der Waals surface area contributed by atoms with E-state index >= 15 is 0 Å². The van der Waals surface area contributed by atoms with E-state index in [0.717, 1.165) is 12.1 Å². The second kappa shape index (κ2) is 7.87. The second-order valence-electron chi connectivity index (χ2n) is 6.09. The third kappa shape index (κ3) is 3.65. The van der Waals surface area contributed by atoms with Crippen LogP contribution in [0.15, 0.2) is 54.6 Å². The average Bonchev–Trinajstić information content (AvgIpc) is 2.63. The number of aromatic hydroxyl groups is 2. The van der Waals surface area contributed by atoms with E-state index in [9.17, 15) is 23.2 Å². The molecule has 0 spiro atoms. The molecule has 3 aromatic carbocycles. The Morgan fingerprint density at radius 1 is 0.759 bits per heavy atom.